The molecule has 0 radical (unpaired) electrons. The lowest BCUT2D eigenvalue weighted by Gasteiger charge is -2.43. The Morgan fingerprint density at radius 2 is 0.970 bits per heavy atom. The van der Waals surface area contributed by atoms with Crippen LogP contribution in [-0.4, -0.2) is 0 Å². The molecule has 0 fully saturated rings. The minimum Gasteiger partial charge on any atom is -0.310 e. The first-order valence-electron chi connectivity index (χ1n) is 24.3. The molecule has 0 saturated heterocycles. The average Bonchev–Trinajstić information content (AvgIpc) is 3.67. The highest BCUT2D eigenvalue weighted by Gasteiger charge is 2.39. The molecule has 0 atom stereocenters. The van der Waals surface area contributed by atoms with Gasteiger partial charge in [-0.1, -0.05) is 155 Å². The SMILES string of the molecule is Cc1cc(N(c2ccc3c(c2)C(C)(C)CCC3(C)C)c2ccc3c(c2)C(C)(C)CCC3(C)C)cc(N(c2ccc(C(C)(C)C)cc2-c2ccccc2)c2cccc3c2sc2ccccc23)c1. The second-order valence-electron chi connectivity index (χ2n) is 23.3. The Labute approximate surface area is 399 Å². The van der Waals surface area contributed by atoms with Gasteiger partial charge in [-0.2, -0.15) is 0 Å². The monoisotopic (exact) mass is 885 g/mol. The third-order valence-electron chi connectivity index (χ3n) is 15.6. The molecule has 0 saturated carbocycles. The van der Waals surface area contributed by atoms with Crippen LogP contribution in [0.2, 0.25) is 0 Å². The van der Waals surface area contributed by atoms with Crippen LogP contribution in [-0.2, 0) is 27.1 Å². The van der Waals surface area contributed by atoms with Crippen molar-refractivity contribution in [3.63, 3.8) is 0 Å². The summed E-state index contributed by atoms with van der Waals surface area (Å²) >= 11 is 1.90. The number of benzene rings is 7. The number of hydrogen-bond acceptors (Lipinski definition) is 3. The average molecular weight is 885 g/mol. The molecule has 7 aromatic carbocycles. The molecule has 0 N–H and O–H groups in total. The van der Waals surface area contributed by atoms with Crippen LogP contribution in [0.5, 0.6) is 0 Å². The number of thiophene rings is 1. The van der Waals surface area contributed by atoms with Crippen molar-refractivity contribution < 1.29 is 0 Å². The van der Waals surface area contributed by atoms with Crippen LogP contribution in [0.3, 0.4) is 0 Å². The lowest BCUT2D eigenvalue weighted by molar-refractivity contribution is 0.332. The molecule has 336 valence electrons. The molecule has 10 rings (SSSR count). The fraction of sp³-hybridized carbons (Fsp3) is 0.333. The molecule has 1 aromatic heterocycles. The first kappa shape index (κ1) is 44.2. The van der Waals surface area contributed by atoms with E-state index in [1.54, 1.807) is 0 Å². The van der Waals surface area contributed by atoms with Gasteiger partial charge in [-0.05, 0) is 165 Å². The summed E-state index contributed by atoms with van der Waals surface area (Å²) in [7, 11) is 0. The number of nitrogens with zero attached hydrogens (tertiary/aromatic N) is 2. The van der Waals surface area contributed by atoms with Gasteiger partial charge in [-0.3, -0.25) is 0 Å². The summed E-state index contributed by atoms with van der Waals surface area (Å²) in [5, 5.41) is 2.60. The van der Waals surface area contributed by atoms with Crippen molar-refractivity contribution in [3.8, 4) is 11.1 Å². The van der Waals surface area contributed by atoms with Gasteiger partial charge in [0.25, 0.3) is 0 Å². The summed E-state index contributed by atoms with van der Waals surface area (Å²) in [4.78, 5) is 5.14. The fourth-order valence-electron chi connectivity index (χ4n) is 11.2. The maximum atomic E-state index is 2.57. The molecular formula is C63H68N2S. The molecule has 66 heavy (non-hydrogen) atoms. The van der Waals surface area contributed by atoms with E-state index in [2.05, 4.69) is 238 Å². The summed E-state index contributed by atoms with van der Waals surface area (Å²) in [5.41, 5.74) is 18.3. The van der Waals surface area contributed by atoms with Crippen LogP contribution in [0.25, 0.3) is 31.3 Å². The van der Waals surface area contributed by atoms with Crippen molar-refractivity contribution in [2.75, 3.05) is 9.80 Å². The molecular weight excluding hydrogens is 817 g/mol. The Morgan fingerprint density at radius 3 is 1.56 bits per heavy atom. The normalized spacial score (nSPS) is 17.0. The van der Waals surface area contributed by atoms with Gasteiger partial charge in [-0.25, -0.2) is 0 Å². The van der Waals surface area contributed by atoms with E-state index < -0.39 is 0 Å². The highest BCUT2D eigenvalue weighted by molar-refractivity contribution is 7.26. The molecule has 0 spiro atoms. The van der Waals surface area contributed by atoms with E-state index in [0.29, 0.717) is 0 Å². The van der Waals surface area contributed by atoms with Crippen molar-refractivity contribution in [3.05, 3.63) is 179 Å². The molecule has 8 aromatic rings. The fourth-order valence-corrected chi connectivity index (χ4v) is 12.4. The molecule has 0 aliphatic heterocycles. The standard InChI is InChI=1S/C63H68N2S/c1-41-35-46(64(44-26-28-51-53(39-44)62(9,10)33-31-60(51,5)6)45-27-29-52-54(40-45)63(11,12)34-32-61(52,7)8)38-47(36-41)65(56-23-18-22-49-48-21-16-17-24-57(48)66-58(49)56)55-30-25-43(59(2,3)4)37-50(55)42-19-14-13-15-20-42/h13-30,35-40H,31-34H2,1-12H3. The van der Waals surface area contributed by atoms with E-state index in [1.165, 1.54) is 107 Å². The van der Waals surface area contributed by atoms with Gasteiger partial charge in [-0.15, -0.1) is 11.3 Å². The minimum absolute atomic E-state index is 0.0211. The number of anilines is 6. The number of fused-ring (bicyclic) bond motifs is 5. The zero-order chi connectivity index (χ0) is 46.6. The van der Waals surface area contributed by atoms with Crippen LogP contribution >= 0.6 is 11.3 Å². The Morgan fingerprint density at radius 1 is 0.439 bits per heavy atom. The van der Waals surface area contributed by atoms with Gasteiger partial charge < -0.3 is 9.80 Å². The first-order valence-corrected chi connectivity index (χ1v) is 25.2. The highest BCUT2D eigenvalue weighted by Crippen LogP contribution is 2.53. The Bertz CT molecular complexity index is 3070. The van der Waals surface area contributed by atoms with Crippen LogP contribution in [0, 0.1) is 6.92 Å². The molecule has 2 nitrogen and oxygen atoms in total. The quantitative estimate of drug-likeness (QED) is 0.157. The van der Waals surface area contributed by atoms with Crippen molar-refractivity contribution in [2.45, 2.75) is 136 Å². The van der Waals surface area contributed by atoms with E-state index in [-0.39, 0.29) is 27.1 Å². The highest BCUT2D eigenvalue weighted by atomic mass is 32.1. The summed E-state index contributed by atoms with van der Waals surface area (Å²) in [6, 6.07) is 56.1. The van der Waals surface area contributed by atoms with Crippen LogP contribution in [0.15, 0.2) is 146 Å². The van der Waals surface area contributed by atoms with Gasteiger partial charge >= 0.3 is 0 Å². The van der Waals surface area contributed by atoms with E-state index in [1.807, 2.05) is 11.3 Å². The third kappa shape index (κ3) is 7.66. The lowest BCUT2D eigenvalue weighted by atomic mass is 9.63. The molecule has 3 heteroatoms. The van der Waals surface area contributed by atoms with Gasteiger partial charge in [0.2, 0.25) is 0 Å². The number of rotatable bonds is 7. The summed E-state index contributed by atoms with van der Waals surface area (Å²) < 4.78 is 2.59. The van der Waals surface area contributed by atoms with Crippen LogP contribution in [0.4, 0.5) is 34.1 Å². The molecule has 0 unspecified atom stereocenters. The summed E-state index contributed by atoms with van der Waals surface area (Å²) in [6.45, 7) is 28.8. The molecule has 2 aliphatic rings. The number of aryl methyl sites for hydroxylation is 1. The van der Waals surface area contributed by atoms with Crippen molar-refractivity contribution >= 4 is 65.6 Å². The largest absolute Gasteiger partial charge is 0.310 e. The first-order chi connectivity index (χ1) is 31.2. The predicted octanol–water partition coefficient (Wildman–Crippen LogP) is 19.0. The van der Waals surface area contributed by atoms with Gasteiger partial charge in [0.05, 0.1) is 16.1 Å². The molecule has 0 bridgehead atoms. The Hall–Kier alpha value is -5.64. The zero-order valence-corrected chi connectivity index (χ0v) is 42.3. The smallest absolute Gasteiger partial charge is 0.0640 e. The van der Waals surface area contributed by atoms with Gasteiger partial charge in [0, 0.05) is 43.8 Å². The molecule has 2 aliphatic carbocycles. The second-order valence-corrected chi connectivity index (χ2v) is 24.3. The lowest BCUT2D eigenvalue weighted by Crippen LogP contribution is -2.34. The van der Waals surface area contributed by atoms with Crippen molar-refractivity contribution in [1.82, 2.24) is 0 Å². The topological polar surface area (TPSA) is 6.48 Å². The summed E-state index contributed by atoms with van der Waals surface area (Å²) in [5.74, 6) is 0. The maximum absolute atomic E-state index is 2.57. The van der Waals surface area contributed by atoms with E-state index in [9.17, 15) is 0 Å². The Kier molecular flexibility index (Phi) is 10.5. The Balaban J connectivity index is 1.26. The van der Waals surface area contributed by atoms with E-state index in [4.69, 9.17) is 0 Å². The second kappa shape index (κ2) is 15.7. The number of hydrogen-bond donors (Lipinski definition) is 0. The maximum Gasteiger partial charge on any atom is 0.0640 e. The zero-order valence-electron chi connectivity index (χ0n) is 41.5. The van der Waals surface area contributed by atoms with E-state index in [0.717, 1.165) is 17.1 Å². The minimum atomic E-state index is -0.0211. The van der Waals surface area contributed by atoms with Gasteiger partial charge in [0.1, 0.15) is 0 Å². The van der Waals surface area contributed by atoms with E-state index >= 15 is 0 Å². The van der Waals surface area contributed by atoms with Crippen molar-refractivity contribution in [1.29, 1.82) is 0 Å². The van der Waals surface area contributed by atoms with Crippen LogP contribution < -0.4 is 9.80 Å². The summed E-state index contributed by atoms with van der Waals surface area (Å²) in [6.07, 6.45) is 4.72. The van der Waals surface area contributed by atoms with Crippen molar-refractivity contribution in [2.24, 2.45) is 0 Å². The molecule has 0 amide bonds. The predicted molar refractivity (Wildman–Crippen MR) is 288 cm³/mol. The molecule has 1 heterocycles. The van der Waals surface area contributed by atoms with Crippen LogP contribution in [0.1, 0.15) is 135 Å². The van der Waals surface area contributed by atoms with Gasteiger partial charge in [0.15, 0.2) is 0 Å². The third-order valence-corrected chi connectivity index (χ3v) is 16.8.